The van der Waals surface area contributed by atoms with E-state index in [-0.39, 0.29) is 0 Å². The molecule has 0 saturated carbocycles. The molecule has 1 aliphatic rings. The van der Waals surface area contributed by atoms with Crippen LogP contribution in [0.1, 0.15) is 11.1 Å². The van der Waals surface area contributed by atoms with Crippen LogP contribution in [0.5, 0.6) is 5.75 Å². The predicted octanol–water partition coefficient (Wildman–Crippen LogP) is 3.40. The van der Waals surface area contributed by atoms with Gasteiger partial charge in [-0.25, -0.2) is 0 Å². The largest absolute Gasteiger partial charge is 0.496 e. The summed E-state index contributed by atoms with van der Waals surface area (Å²) < 4.78 is 5.40. The number of ether oxygens (including phenoxy) is 1. The highest BCUT2D eigenvalue weighted by Gasteiger charge is 2.09. The van der Waals surface area contributed by atoms with E-state index in [4.69, 9.17) is 4.74 Å². The molecule has 0 N–H and O–H groups in total. The summed E-state index contributed by atoms with van der Waals surface area (Å²) in [5.41, 5.74) is 3.37. The number of nitrogens with zero attached hydrogens (tertiary/aromatic N) is 1. The van der Waals surface area contributed by atoms with Gasteiger partial charge in [-0.3, -0.25) is 0 Å². The van der Waals surface area contributed by atoms with Gasteiger partial charge in [-0.05, 0) is 30.7 Å². The van der Waals surface area contributed by atoms with Gasteiger partial charge in [0.2, 0.25) is 0 Å². The van der Waals surface area contributed by atoms with Crippen LogP contribution in [-0.4, -0.2) is 12.0 Å². The van der Waals surface area contributed by atoms with Crippen LogP contribution in [0.15, 0.2) is 54.9 Å². The average Bonchev–Trinajstić information content (AvgIpc) is 2.34. The molecule has 0 unspecified atom stereocenters. The number of hydrogen-bond acceptors (Lipinski definition) is 2. The Morgan fingerprint density at radius 2 is 2.12 bits per heavy atom. The molecule has 0 radical (unpaired) electrons. The molecule has 0 spiro atoms. The Morgan fingerprint density at radius 1 is 1.29 bits per heavy atom. The first-order valence-electron chi connectivity index (χ1n) is 5.64. The van der Waals surface area contributed by atoms with Crippen molar-refractivity contribution in [2.75, 3.05) is 7.11 Å². The summed E-state index contributed by atoms with van der Waals surface area (Å²) in [4.78, 5) is 2.10. The van der Waals surface area contributed by atoms with E-state index >= 15 is 0 Å². The maximum absolute atomic E-state index is 5.40. The minimum atomic E-state index is 0.781. The first-order chi connectivity index (χ1) is 8.20. The Balaban J connectivity index is 2.21. The van der Waals surface area contributed by atoms with Gasteiger partial charge in [0.15, 0.2) is 0 Å². The summed E-state index contributed by atoms with van der Waals surface area (Å²) >= 11 is 0. The van der Waals surface area contributed by atoms with Gasteiger partial charge in [0.05, 0.1) is 13.7 Å². The van der Waals surface area contributed by atoms with Gasteiger partial charge in [0.1, 0.15) is 5.75 Å². The van der Waals surface area contributed by atoms with Crippen LogP contribution >= 0.6 is 0 Å². The van der Waals surface area contributed by atoms with Crippen molar-refractivity contribution in [1.29, 1.82) is 0 Å². The van der Waals surface area contributed by atoms with Crippen molar-refractivity contribution in [3.8, 4) is 5.75 Å². The van der Waals surface area contributed by atoms with Gasteiger partial charge in [-0.15, -0.1) is 0 Å². The van der Waals surface area contributed by atoms with Crippen molar-refractivity contribution < 1.29 is 4.74 Å². The van der Waals surface area contributed by atoms with E-state index in [1.54, 1.807) is 7.11 Å². The topological polar surface area (TPSA) is 12.5 Å². The molecular formula is C15H17NO. The lowest BCUT2D eigenvalue weighted by Gasteiger charge is -2.23. The van der Waals surface area contributed by atoms with Crippen molar-refractivity contribution in [2.24, 2.45) is 0 Å². The fourth-order valence-electron chi connectivity index (χ4n) is 1.83. The molecular weight excluding hydrogens is 210 g/mol. The summed E-state index contributed by atoms with van der Waals surface area (Å²) in [7, 11) is 1.71. The Kier molecular flexibility index (Phi) is 3.33. The summed E-state index contributed by atoms with van der Waals surface area (Å²) in [6.07, 6.45) is 8.03. The standard InChI is InChI=1S/C15H17NO/c1-12-7-8-14(15(10-12)17-3)11-16-9-5-4-6-13(16)2/h4-10H,2,11H2,1,3H3. The Bertz CT molecular complexity index is 486. The Labute approximate surface area is 103 Å². The van der Waals surface area contributed by atoms with E-state index in [2.05, 4.69) is 36.6 Å². The maximum Gasteiger partial charge on any atom is 0.124 e. The second-order valence-electron chi connectivity index (χ2n) is 4.14. The molecule has 2 rings (SSSR count). The zero-order chi connectivity index (χ0) is 12.3. The third-order valence-corrected chi connectivity index (χ3v) is 2.82. The van der Waals surface area contributed by atoms with E-state index in [9.17, 15) is 0 Å². The van der Waals surface area contributed by atoms with Crippen molar-refractivity contribution in [1.82, 2.24) is 4.90 Å². The van der Waals surface area contributed by atoms with Crippen LogP contribution in [0.3, 0.4) is 0 Å². The molecule has 1 aromatic rings. The van der Waals surface area contributed by atoms with E-state index in [0.717, 1.165) is 18.0 Å². The molecule has 0 saturated heterocycles. The quantitative estimate of drug-likeness (QED) is 0.784. The zero-order valence-electron chi connectivity index (χ0n) is 10.3. The van der Waals surface area contributed by atoms with E-state index < -0.39 is 0 Å². The third-order valence-electron chi connectivity index (χ3n) is 2.82. The molecule has 0 aromatic heterocycles. The number of hydrogen-bond donors (Lipinski definition) is 0. The summed E-state index contributed by atoms with van der Waals surface area (Å²) in [6, 6.07) is 6.26. The molecule has 0 aliphatic carbocycles. The van der Waals surface area contributed by atoms with Crippen LogP contribution < -0.4 is 4.74 Å². The van der Waals surface area contributed by atoms with Gasteiger partial charge in [-0.2, -0.15) is 0 Å². The highest BCUT2D eigenvalue weighted by Crippen LogP contribution is 2.24. The minimum Gasteiger partial charge on any atom is -0.496 e. The average molecular weight is 227 g/mol. The van der Waals surface area contributed by atoms with Gasteiger partial charge in [0.25, 0.3) is 0 Å². The molecule has 17 heavy (non-hydrogen) atoms. The zero-order valence-corrected chi connectivity index (χ0v) is 10.3. The minimum absolute atomic E-state index is 0.781. The molecule has 0 fully saturated rings. The molecule has 2 nitrogen and oxygen atoms in total. The number of aryl methyl sites for hydroxylation is 1. The molecule has 1 aromatic carbocycles. The van der Waals surface area contributed by atoms with Crippen molar-refractivity contribution in [3.05, 3.63) is 66.0 Å². The van der Waals surface area contributed by atoms with Crippen molar-refractivity contribution >= 4 is 0 Å². The lowest BCUT2D eigenvalue weighted by Crippen LogP contribution is -2.16. The van der Waals surface area contributed by atoms with Crippen LogP contribution in [0, 0.1) is 6.92 Å². The third kappa shape index (κ3) is 2.59. The molecule has 0 bridgehead atoms. The lowest BCUT2D eigenvalue weighted by molar-refractivity contribution is 0.394. The molecule has 2 heteroatoms. The van der Waals surface area contributed by atoms with E-state index in [1.807, 2.05) is 24.4 Å². The SMILES string of the molecule is C=C1C=CC=CN1Cc1ccc(C)cc1OC. The van der Waals surface area contributed by atoms with Crippen LogP contribution in [0.2, 0.25) is 0 Å². The van der Waals surface area contributed by atoms with Crippen LogP contribution in [-0.2, 0) is 6.54 Å². The second kappa shape index (κ2) is 4.91. The smallest absolute Gasteiger partial charge is 0.124 e. The summed E-state index contributed by atoms with van der Waals surface area (Å²) in [6.45, 7) is 6.86. The van der Waals surface area contributed by atoms with Crippen LogP contribution in [0.25, 0.3) is 0 Å². The number of rotatable bonds is 3. The number of methoxy groups -OCH3 is 1. The highest BCUT2D eigenvalue weighted by molar-refractivity contribution is 5.38. The van der Waals surface area contributed by atoms with E-state index in [0.29, 0.717) is 0 Å². The highest BCUT2D eigenvalue weighted by atomic mass is 16.5. The first kappa shape index (κ1) is 11.5. The number of allylic oxidation sites excluding steroid dienone is 3. The monoisotopic (exact) mass is 227 g/mol. The van der Waals surface area contributed by atoms with E-state index in [1.165, 1.54) is 11.1 Å². The molecule has 1 aliphatic heterocycles. The van der Waals surface area contributed by atoms with Crippen molar-refractivity contribution in [3.63, 3.8) is 0 Å². The molecule has 0 amide bonds. The maximum atomic E-state index is 5.40. The first-order valence-corrected chi connectivity index (χ1v) is 5.64. The Morgan fingerprint density at radius 3 is 2.82 bits per heavy atom. The lowest BCUT2D eigenvalue weighted by atomic mass is 10.1. The van der Waals surface area contributed by atoms with Gasteiger partial charge in [-0.1, -0.05) is 24.8 Å². The molecule has 88 valence electrons. The van der Waals surface area contributed by atoms with Crippen LogP contribution in [0.4, 0.5) is 0 Å². The number of benzene rings is 1. The second-order valence-corrected chi connectivity index (χ2v) is 4.14. The van der Waals surface area contributed by atoms with Gasteiger partial charge in [0, 0.05) is 17.5 Å². The van der Waals surface area contributed by atoms with Gasteiger partial charge < -0.3 is 9.64 Å². The molecule has 1 heterocycles. The van der Waals surface area contributed by atoms with Gasteiger partial charge >= 0.3 is 0 Å². The fraction of sp³-hybridized carbons (Fsp3) is 0.200. The Hall–Kier alpha value is -1.96. The summed E-state index contributed by atoms with van der Waals surface area (Å²) in [5, 5.41) is 0. The van der Waals surface area contributed by atoms with Crippen molar-refractivity contribution in [2.45, 2.75) is 13.5 Å². The fourth-order valence-corrected chi connectivity index (χ4v) is 1.83. The summed E-state index contributed by atoms with van der Waals surface area (Å²) in [5.74, 6) is 0.931. The normalized spacial score (nSPS) is 14.2. The predicted molar refractivity (Wildman–Crippen MR) is 70.7 cm³/mol. The molecule has 0 atom stereocenters.